The van der Waals surface area contributed by atoms with Crippen LogP contribution in [0.4, 0.5) is 5.69 Å². The first-order valence-electron chi connectivity index (χ1n) is 12.1. The summed E-state index contributed by atoms with van der Waals surface area (Å²) in [6, 6.07) is 24.9. The van der Waals surface area contributed by atoms with Crippen LogP contribution in [0.25, 0.3) is 6.08 Å². The number of carbonyl (C=O) groups excluding carboxylic acids is 2. The lowest BCUT2D eigenvalue weighted by Gasteiger charge is -2.29. The maximum absolute atomic E-state index is 13.4. The monoisotopic (exact) mass is 495 g/mol. The highest BCUT2D eigenvalue weighted by atomic mass is 16.6. The van der Waals surface area contributed by atoms with Gasteiger partial charge in [-0.05, 0) is 48.1 Å². The van der Waals surface area contributed by atoms with Crippen LogP contribution in [0.2, 0.25) is 0 Å². The average Bonchev–Trinajstić information content (AvgIpc) is 3.33. The molecule has 37 heavy (non-hydrogen) atoms. The molecule has 8 heteroatoms. The van der Waals surface area contributed by atoms with Gasteiger partial charge in [0, 0.05) is 12.0 Å². The second-order valence-corrected chi connectivity index (χ2v) is 9.01. The van der Waals surface area contributed by atoms with E-state index in [9.17, 15) is 19.7 Å². The zero-order chi connectivity index (χ0) is 25.8. The maximum atomic E-state index is 13.4. The first-order chi connectivity index (χ1) is 18.0. The van der Waals surface area contributed by atoms with Gasteiger partial charge in [0.05, 0.1) is 16.7 Å². The summed E-state index contributed by atoms with van der Waals surface area (Å²) in [5, 5.41) is 17.5. The first-order valence-corrected chi connectivity index (χ1v) is 12.1. The van der Waals surface area contributed by atoms with E-state index in [1.54, 1.807) is 0 Å². The molecule has 0 saturated heterocycles. The van der Waals surface area contributed by atoms with Crippen LogP contribution in [0, 0.1) is 16.0 Å². The molecule has 0 aromatic heterocycles. The molecule has 2 atom stereocenters. The number of allylic oxidation sites excluding steroid dienone is 1. The van der Waals surface area contributed by atoms with Crippen molar-refractivity contribution in [3.8, 4) is 0 Å². The van der Waals surface area contributed by atoms with Gasteiger partial charge in [-0.15, -0.1) is 0 Å². The number of amides is 1. The topological polar surface area (TPSA) is 102 Å². The van der Waals surface area contributed by atoms with Gasteiger partial charge >= 0.3 is 5.97 Å². The smallest absolute Gasteiger partial charge is 0.345 e. The van der Waals surface area contributed by atoms with Crippen LogP contribution >= 0.6 is 0 Å². The molecule has 0 bridgehead atoms. The number of fused-ring (bicyclic) bond motifs is 1. The van der Waals surface area contributed by atoms with Crippen molar-refractivity contribution in [1.82, 2.24) is 5.01 Å². The van der Waals surface area contributed by atoms with Crippen molar-refractivity contribution < 1.29 is 19.2 Å². The Kier molecular flexibility index (Phi) is 6.89. The van der Waals surface area contributed by atoms with Crippen LogP contribution in [0.15, 0.2) is 95.6 Å². The zero-order valence-corrected chi connectivity index (χ0v) is 20.0. The summed E-state index contributed by atoms with van der Waals surface area (Å²) in [6.45, 7) is -0.574. The molecule has 0 radical (unpaired) electrons. The summed E-state index contributed by atoms with van der Waals surface area (Å²) in [7, 11) is 0. The summed E-state index contributed by atoms with van der Waals surface area (Å²) < 4.78 is 5.23. The largest absolute Gasteiger partial charge is 0.452 e. The molecule has 1 fully saturated rings. The lowest BCUT2D eigenvalue weighted by Crippen LogP contribution is -2.34. The number of benzene rings is 3. The minimum atomic E-state index is -0.925. The molecule has 1 saturated carbocycles. The molecule has 3 aromatic rings. The summed E-state index contributed by atoms with van der Waals surface area (Å²) >= 11 is 0. The molecule has 8 nitrogen and oxygen atoms in total. The number of hydrogen-bond acceptors (Lipinski definition) is 6. The molecule has 2 aliphatic rings. The number of nitro benzene ring substituents is 1. The van der Waals surface area contributed by atoms with Crippen LogP contribution < -0.4 is 0 Å². The molecule has 0 spiro atoms. The summed E-state index contributed by atoms with van der Waals surface area (Å²) in [5.41, 5.74) is 3.42. The minimum Gasteiger partial charge on any atom is -0.452 e. The van der Waals surface area contributed by atoms with E-state index in [0.717, 1.165) is 41.7 Å². The number of hydrogen-bond donors (Lipinski definition) is 0. The Hall–Kier alpha value is -4.59. The molecule has 2 unspecified atom stereocenters. The molecule has 1 amide bonds. The predicted molar refractivity (Wildman–Crippen MR) is 139 cm³/mol. The Labute approximate surface area is 214 Å². The Morgan fingerprint density at radius 1 is 1.00 bits per heavy atom. The van der Waals surface area contributed by atoms with Gasteiger partial charge in [-0.25, -0.2) is 9.80 Å². The Balaban J connectivity index is 1.42. The van der Waals surface area contributed by atoms with Crippen molar-refractivity contribution >= 4 is 29.4 Å². The maximum Gasteiger partial charge on any atom is 0.345 e. The minimum absolute atomic E-state index is 0.0148. The van der Waals surface area contributed by atoms with Gasteiger partial charge in [0.1, 0.15) is 5.56 Å². The Morgan fingerprint density at radius 2 is 1.68 bits per heavy atom. The van der Waals surface area contributed by atoms with E-state index >= 15 is 0 Å². The predicted octanol–water partition coefficient (Wildman–Crippen LogP) is 5.57. The highest BCUT2D eigenvalue weighted by Crippen LogP contribution is 2.44. The molecule has 3 aromatic carbocycles. The molecule has 5 rings (SSSR count). The van der Waals surface area contributed by atoms with Crippen LogP contribution in [0.1, 0.15) is 46.8 Å². The van der Waals surface area contributed by atoms with Gasteiger partial charge in [-0.3, -0.25) is 14.9 Å². The van der Waals surface area contributed by atoms with E-state index in [4.69, 9.17) is 9.84 Å². The molecule has 1 heterocycles. The van der Waals surface area contributed by atoms with Crippen LogP contribution in [0.3, 0.4) is 0 Å². The quantitative estimate of drug-likeness (QED) is 0.253. The molecule has 0 N–H and O–H groups in total. The molecule has 186 valence electrons. The number of para-hydroxylation sites is 1. The fraction of sp³-hybridized carbons (Fsp3) is 0.207. The van der Waals surface area contributed by atoms with Crippen LogP contribution in [-0.2, 0) is 9.53 Å². The van der Waals surface area contributed by atoms with E-state index in [1.807, 2.05) is 60.7 Å². The highest BCUT2D eigenvalue weighted by molar-refractivity contribution is 6.08. The Bertz CT molecular complexity index is 1380. The van der Waals surface area contributed by atoms with E-state index in [1.165, 1.54) is 29.3 Å². The van der Waals surface area contributed by atoms with Crippen molar-refractivity contribution in [3.63, 3.8) is 0 Å². The average molecular weight is 496 g/mol. The van der Waals surface area contributed by atoms with Gasteiger partial charge in [0.2, 0.25) is 0 Å². The molecular formula is C29H25N3O5. The van der Waals surface area contributed by atoms with Crippen molar-refractivity contribution in [3.05, 3.63) is 117 Å². The molecular weight excluding hydrogens is 470 g/mol. The standard InChI is InChI=1S/C29H25N3O5/c33-26(19-37-29(34)23-15-7-8-17-25(23)32(35)36)31-28(21-12-5-2-6-13-21)24-16-9-14-22(27(24)30-31)18-20-10-3-1-4-11-20/h1-8,10-13,15,17-18,24,28H,9,14,16,19H2. The first kappa shape index (κ1) is 24.1. The number of nitro groups is 1. The van der Waals surface area contributed by atoms with Crippen molar-refractivity contribution in [1.29, 1.82) is 0 Å². The van der Waals surface area contributed by atoms with Crippen LogP contribution in [-0.4, -0.2) is 34.1 Å². The number of rotatable bonds is 6. The van der Waals surface area contributed by atoms with E-state index < -0.39 is 23.4 Å². The highest BCUT2D eigenvalue weighted by Gasteiger charge is 2.43. The third-order valence-corrected chi connectivity index (χ3v) is 6.69. The Morgan fingerprint density at radius 3 is 2.41 bits per heavy atom. The normalized spacial score (nSPS) is 19.7. The van der Waals surface area contributed by atoms with Crippen molar-refractivity contribution in [2.24, 2.45) is 11.0 Å². The third-order valence-electron chi connectivity index (χ3n) is 6.69. The molecule has 1 aliphatic heterocycles. The molecule has 1 aliphatic carbocycles. The number of carbonyl (C=O) groups is 2. The number of esters is 1. The zero-order valence-electron chi connectivity index (χ0n) is 20.0. The van der Waals surface area contributed by atoms with E-state index in [2.05, 4.69) is 6.08 Å². The number of nitrogens with zero attached hydrogens (tertiary/aromatic N) is 3. The van der Waals surface area contributed by atoms with Crippen molar-refractivity contribution in [2.45, 2.75) is 25.3 Å². The van der Waals surface area contributed by atoms with Gasteiger partial charge in [0.25, 0.3) is 11.6 Å². The number of ether oxygens (including phenoxy) is 1. The van der Waals surface area contributed by atoms with Gasteiger partial charge in [-0.1, -0.05) is 72.8 Å². The van der Waals surface area contributed by atoms with Gasteiger partial charge < -0.3 is 4.74 Å². The van der Waals surface area contributed by atoms with E-state index in [0.29, 0.717) is 0 Å². The lowest BCUT2D eigenvalue weighted by molar-refractivity contribution is -0.385. The SMILES string of the molecule is O=C(OCC(=O)N1N=C2C(=Cc3ccccc3)CCCC2C1c1ccccc1)c1ccccc1[N+](=O)[O-]. The fourth-order valence-corrected chi connectivity index (χ4v) is 5.02. The van der Waals surface area contributed by atoms with Gasteiger partial charge in [-0.2, -0.15) is 5.10 Å². The lowest BCUT2D eigenvalue weighted by atomic mass is 9.77. The summed E-state index contributed by atoms with van der Waals surface area (Å²) in [4.78, 5) is 36.6. The fourth-order valence-electron chi connectivity index (χ4n) is 5.02. The van der Waals surface area contributed by atoms with E-state index in [-0.39, 0.29) is 23.2 Å². The summed E-state index contributed by atoms with van der Waals surface area (Å²) in [5.74, 6) is -1.39. The van der Waals surface area contributed by atoms with Crippen LogP contribution in [0.5, 0.6) is 0 Å². The second-order valence-electron chi connectivity index (χ2n) is 9.01. The number of hydrazone groups is 1. The second kappa shape index (κ2) is 10.6. The third kappa shape index (κ3) is 5.04. The summed E-state index contributed by atoms with van der Waals surface area (Å²) in [6.07, 6.45) is 4.83. The van der Waals surface area contributed by atoms with Crippen molar-refractivity contribution in [2.75, 3.05) is 6.61 Å². The van der Waals surface area contributed by atoms with Gasteiger partial charge in [0.15, 0.2) is 6.61 Å².